The van der Waals surface area contributed by atoms with Gasteiger partial charge in [0.25, 0.3) is 0 Å². The fraction of sp³-hybridized carbons (Fsp3) is 0.182. The van der Waals surface area contributed by atoms with E-state index in [-0.39, 0.29) is 18.6 Å². The highest BCUT2D eigenvalue weighted by atomic mass is 19.1. The van der Waals surface area contributed by atoms with Crippen molar-refractivity contribution >= 4 is 0 Å². The lowest BCUT2D eigenvalue weighted by atomic mass is 10.1. The van der Waals surface area contributed by atoms with E-state index in [1.807, 2.05) is 19.1 Å². The fourth-order valence-corrected chi connectivity index (χ4v) is 2.96. The molecule has 0 atom stereocenters. The molecule has 0 aliphatic heterocycles. The minimum atomic E-state index is -0.332. The summed E-state index contributed by atoms with van der Waals surface area (Å²) in [6.45, 7) is 2.59. The first-order valence-electron chi connectivity index (χ1n) is 9.61. The molecular formula is C22H20FN5O3. The van der Waals surface area contributed by atoms with Gasteiger partial charge in [-0.15, -0.1) is 5.10 Å². The molecule has 9 heteroatoms. The molecule has 0 bridgehead atoms. The monoisotopic (exact) mass is 421 g/mol. The Balaban J connectivity index is 1.75. The molecule has 0 fully saturated rings. The van der Waals surface area contributed by atoms with E-state index >= 15 is 0 Å². The van der Waals surface area contributed by atoms with Crippen LogP contribution in [0.25, 0.3) is 22.6 Å². The molecule has 0 saturated heterocycles. The number of rotatable bonds is 8. The highest BCUT2D eigenvalue weighted by Crippen LogP contribution is 2.32. The van der Waals surface area contributed by atoms with Gasteiger partial charge >= 0.3 is 6.01 Å². The first-order chi connectivity index (χ1) is 15.2. The number of benzene rings is 2. The topological polar surface area (TPSA) is 84.2 Å². The van der Waals surface area contributed by atoms with E-state index in [4.69, 9.17) is 14.2 Å². The van der Waals surface area contributed by atoms with Crippen molar-refractivity contribution in [1.29, 1.82) is 0 Å². The van der Waals surface area contributed by atoms with Crippen molar-refractivity contribution in [2.75, 3.05) is 13.7 Å². The Morgan fingerprint density at radius 3 is 2.52 bits per heavy atom. The van der Waals surface area contributed by atoms with E-state index in [1.54, 1.807) is 48.3 Å². The summed E-state index contributed by atoms with van der Waals surface area (Å²) >= 11 is 0. The van der Waals surface area contributed by atoms with Gasteiger partial charge in [-0.1, -0.05) is 17.3 Å². The van der Waals surface area contributed by atoms with Crippen LogP contribution in [0.4, 0.5) is 4.39 Å². The van der Waals surface area contributed by atoms with Crippen LogP contribution < -0.4 is 9.47 Å². The largest absolute Gasteiger partial charge is 0.493 e. The van der Waals surface area contributed by atoms with Crippen LogP contribution in [0.2, 0.25) is 0 Å². The third-order valence-electron chi connectivity index (χ3n) is 4.42. The van der Waals surface area contributed by atoms with Gasteiger partial charge in [-0.3, -0.25) is 0 Å². The molecule has 0 radical (unpaired) electrons. The van der Waals surface area contributed by atoms with Crippen LogP contribution in [-0.2, 0) is 11.5 Å². The number of ether oxygens (including phenoxy) is 3. The number of aromatic nitrogens is 5. The number of hydrogen-bond acceptors (Lipinski definition) is 7. The van der Waals surface area contributed by atoms with E-state index in [2.05, 4.69) is 20.3 Å². The van der Waals surface area contributed by atoms with Gasteiger partial charge in [0.1, 0.15) is 23.9 Å². The van der Waals surface area contributed by atoms with Gasteiger partial charge in [0, 0.05) is 18.4 Å². The minimum Gasteiger partial charge on any atom is -0.493 e. The zero-order chi connectivity index (χ0) is 21.6. The van der Waals surface area contributed by atoms with Crippen LogP contribution in [-0.4, -0.2) is 38.7 Å². The minimum absolute atomic E-state index is 0.135. The van der Waals surface area contributed by atoms with Crippen LogP contribution in [0.1, 0.15) is 6.92 Å². The molecule has 0 unspecified atom stereocenters. The van der Waals surface area contributed by atoms with Crippen LogP contribution in [0.15, 0.2) is 60.8 Å². The Bertz CT molecular complexity index is 1160. The van der Waals surface area contributed by atoms with Gasteiger partial charge in [-0.25, -0.2) is 14.1 Å². The number of hydrogen-bond donors (Lipinski definition) is 0. The summed E-state index contributed by atoms with van der Waals surface area (Å²) in [6, 6.07) is 15.1. The summed E-state index contributed by atoms with van der Waals surface area (Å²) in [4.78, 5) is 8.75. The summed E-state index contributed by atoms with van der Waals surface area (Å²) < 4.78 is 31.7. The average Bonchev–Trinajstić information content (AvgIpc) is 3.22. The Morgan fingerprint density at radius 1 is 1.00 bits per heavy atom. The lowest BCUT2D eigenvalue weighted by Crippen LogP contribution is -2.07. The molecule has 0 aliphatic carbocycles. The van der Waals surface area contributed by atoms with E-state index in [0.717, 1.165) is 0 Å². The first-order valence-corrected chi connectivity index (χ1v) is 9.61. The van der Waals surface area contributed by atoms with Crippen molar-refractivity contribution in [2.24, 2.45) is 0 Å². The molecule has 2 aromatic heterocycles. The zero-order valence-corrected chi connectivity index (χ0v) is 17.0. The molecule has 0 amide bonds. The van der Waals surface area contributed by atoms with E-state index in [9.17, 15) is 4.39 Å². The highest BCUT2D eigenvalue weighted by molar-refractivity contribution is 5.76. The van der Waals surface area contributed by atoms with Gasteiger partial charge < -0.3 is 14.2 Å². The molecule has 0 spiro atoms. The lowest BCUT2D eigenvalue weighted by Gasteiger charge is -2.11. The summed E-state index contributed by atoms with van der Waals surface area (Å²) in [5, 5.41) is 8.47. The predicted octanol–water partition coefficient (Wildman–Crippen LogP) is 4.34. The van der Waals surface area contributed by atoms with E-state index < -0.39 is 0 Å². The third kappa shape index (κ3) is 4.51. The second-order valence-corrected chi connectivity index (χ2v) is 6.39. The van der Waals surface area contributed by atoms with Crippen LogP contribution in [0, 0.1) is 5.82 Å². The smallest absolute Gasteiger partial charge is 0.322 e. The maximum atomic E-state index is 13.4. The highest BCUT2D eigenvalue weighted by Gasteiger charge is 2.19. The fourth-order valence-electron chi connectivity index (χ4n) is 2.96. The molecule has 2 heterocycles. The first kappa shape index (κ1) is 20.4. The summed E-state index contributed by atoms with van der Waals surface area (Å²) in [6.07, 6.45) is 1.58. The van der Waals surface area contributed by atoms with E-state index in [0.29, 0.717) is 40.8 Å². The summed E-state index contributed by atoms with van der Waals surface area (Å²) in [5.41, 5.74) is 2.38. The Morgan fingerprint density at radius 2 is 1.77 bits per heavy atom. The average molecular weight is 421 g/mol. The van der Waals surface area contributed by atoms with Crippen molar-refractivity contribution in [2.45, 2.75) is 13.7 Å². The zero-order valence-electron chi connectivity index (χ0n) is 17.0. The third-order valence-corrected chi connectivity index (χ3v) is 4.42. The van der Waals surface area contributed by atoms with Gasteiger partial charge in [0.2, 0.25) is 0 Å². The molecule has 158 valence electrons. The van der Waals surface area contributed by atoms with Gasteiger partial charge in [0.15, 0.2) is 11.5 Å². The van der Waals surface area contributed by atoms with Gasteiger partial charge in [0.05, 0.1) is 12.8 Å². The lowest BCUT2D eigenvalue weighted by molar-refractivity contribution is 0.0790. The molecule has 31 heavy (non-hydrogen) atoms. The molecule has 4 rings (SSSR count). The van der Waals surface area contributed by atoms with Gasteiger partial charge in [-0.2, -0.15) is 4.98 Å². The second kappa shape index (κ2) is 9.31. The second-order valence-electron chi connectivity index (χ2n) is 6.39. The maximum Gasteiger partial charge on any atom is 0.322 e. The molecule has 0 aliphatic rings. The molecule has 2 aromatic carbocycles. The standard InChI is InChI=1S/C22H20FN5O3/c1-3-30-14-28-21(20(26-27-28)15-8-10-16(23)11-9-15)17-12-13-24-22(25-17)31-19-7-5-4-6-18(19)29-2/h4-13H,3,14H2,1-2H3. The Kier molecular flexibility index (Phi) is 6.13. The van der Waals surface area contributed by atoms with Crippen molar-refractivity contribution < 1.29 is 18.6 Å². The van der Waals surface area contributed by atoms with Crippen LogP contribution >= 0.6 is 0 Å². The quantitative estimate of drug-likeness (QED) is 0.418. The molecule has 0 saturated carbocycles. The SMILES string of the molecule is CCOCn1nnc(-c2ccc(F)cc2)c1-c1ccnc(Oc2ccccc2OC)n1. The van der Waals surface area contributed by atoms with Crippen LogP contribution in [0.5, 0.6) is 17.5 Å². The number of nitrogens with zero attached hydrogens (tertiary/aromatic N) is 5. The molecule has 4 aromatic rings. The number of methoxy groups -OCH3 is 1. The van der Waals surface area contributed by atoms with E-state index in [1.165, 1.54) is 12.1 Å². The van der Waals surface area contributed by atoms with Crippen molar-refractivity contribution in [3.05, 3.63) is 66.6 Å². The van der Waals surface area contributed by atoms with Crippen LogP contribution in [0.3, 0.4) is 0 Å². The normalized spacial score (nSPS) is 10.8. The van der Waals surface area contributed by atoms with Crippen molar-refractivity contribution in [3.8, 4) is 40.2 Å². The van der Waals surface area contributed by atoms with Gasteiger partial charge in [-0.05, 0) is 49.4 Å². The summed E-state index contributed by atoms with van der Waals surface area (Å²) in [7, 11) is 1.56. The molecular weight excluding hydrogens is 401 g/mol. The predicted molar refractivity (Wildman–Crippen MR) is 111 cm³/mol. The summed E-state index contributed by atoms with van der Waals surface area (Å²) in [5.74, 6) is 0.718. The molecule has 8 nitrogen and oxygen atoms in total. The van der Waals surface area contributed by atoms with Crippen molar-refractivity contribution in [3.63, 3.8) is 0 Å². The Hall–Kier alpha value is -3.85. The number of para-hydroxylation sites is 2. The molecule has 0 N–H and O–H groups in total. The number of halogens is 1. The Labute approximate surface area is 178 Å². The maximum absolute atomic E-state index is 13.4. The van der Waals surface area contributed by atoms with Crippen molar-refractivity contribution in [1.82, 2.24) is 25.0 Å².